The highest BCUT2D eigenvalue weighted by molar-refractivity contribution is 7.79. The van der Waals surface area contributed by atoms with E-state index in [1.807, 2.05) is 0 Å². The molecule has 0 unspecified atom stereocenters. The molecule has 0 rings (SSSR count). The van der Waals surface area contributed by atoms with Crippen LogP contribution >= 0.6 is 12.2 Å². The molecule has 11 heavy (non-hydrogen) atoms. The predicted octanol–water partition coefficient (Wildman–Crippen LogP) is -0.599. The lowest BCUT2D eigenvalue weighted by atomic mass is 10.4. The highest BCUT2D eigenvalue weighted by Crippen LogP contribution is 1.84. The molecule has 0 radical (unpaired) electrons. The molecular formula is C5H10N2O3S. The summed E-state index contributed by atoms with van der Waals surface area (Å²) in [5.74, 6) is -0.524. The molecule has 5 nitrogen and oxygen atoms in total. The fourth-order valence-corrected chi connectivity index (χ4v) is 0.629. The quantitative estimate of drug-likeness (QED) is 0.297. The van der Waals surface area contributed by atoms with Crippen LogP contribution in [0.25, 0.3) is 0 Å². The Morgan fingerprint density at radius 2 is 2.55 bits per heavy atom. The normalized spacial score (nSPS) is 12.2. The number of thiocarbonyl (C=S) groups is 1. The number of ether oxygens (including phenoxy) is 1. The van der Waals surface area contributed by atoms with Gasteiger partial charge in [0.1, 0.15) is 6.04 Å². The Bertz CT molecular complexity index is 142. The molecule has 0 aromatic heterocycles. The van der Waals surface area contributed by atoms with Gasteiger partial charge in [-0.2, -0.15) is 0 Å². The Kier molecular flexibility index (Phi) is 5.86. The molecule has 0 saturated heterocycles. The Morgan fingerprint density at radius 3 is 2.91 bits per heavy atom. The van der Waals surface area contributed by atoms with Crippen LogP contribution in [-0.4, -0.2) is 29.2 Å². The van der Waals surface area contributed by atoms with E-state index >= 15 is 0 Å². The topological polar surface area (TPSA) is 70.6 Å². The fraction of sp³-hybridized carbons (Fsp3) is 0.600. The third-order valence-electron chi connectivity index (χ3n) is 0.897. The van der Waals surface area contributed by atoms with Crippen LogP contribution in [0.15, 0.2) is 0 Å². The number of hydrogen-bond acceptors (Lipinski definition) is 6. The summed E-state index contributed by atoms with van der Waals surface area (Å²) in [6.45, 7) is 1.97. The first kappa shape index (κ1) is 10.4. The van der Waals surface area contributed by atoms with E-state index in [-0.39, 0.29) is 6.61 Å². The van der Waals surface area contributed by atoms with Gasteiger partial charge in [0.05, 0.1) is 6.61 Å². The number of carbonyl (C=O) groups excluding carboxylic acids is 1. The number of rotatable bonds is 5. The van der Waals surface area contributed by atoms with Crippen LogP contribution in [0.1, 0.15) is 6.92 Å². The van der Waals surface area contributed by atoms with E-state index in [2.05, 4.69) is 22.4 Å². The lowest BCUT2D eigenvalue weighted by molar-refractivity contribution is -0.144. The van der Waals surface area contributed by atoms with Gasteiger partial charge in [0.2, 0.25) is 0 Å². The van der Waals surface area contributed by atoms with Crippen LogP contribution in [0.2, 0.25) is 0 Å². The smallest absolute Gasteiger partial charge is 0.329 e. The molecule has 0 saturated carbocycles. The van der Waals surface area contributed by atoms with Crippen LogP contribution in [0, 0.1) is 0 Å². The molecule has 0 aromatic rings. The minimum absolute atomic E-state index is 0.283. The third kappa shape index (κ3) is 3.99. The van der Waals surface area contributed by atoms with Gasteiger partial charge in [-0.3, -0.25) is 0 Å². The predicted molar refractivity (Wildman–Crippen MR) is 42.1 cm³/mol. The lowest BCUT2D eigenvalue weighted by Crippen LogP contribution is -2.45. The summed E-state index contributed by atoms with van der Waals surface area (Å²) in [6.07, 6.45) is 0. The minimum Gasteiger partial charge on any atom is -0.465 e. The molecule has 0 amide bonds. The highest BCUT2D eigenvalue weighted by Gasteiger charge is 2.14. The van der Waals surface area contributed by atoms with Crippen LogP contribution < -0.4 is 11.0 Å². The van der Waals surface area contributed by atoms with Crippen molar-refractivity contribution in [2.45, 2.75) is 13.0 Å². The zero-order valence-electron chi connectivity index (χ0n) is 6.03. The molecule has 0 aliphatic heterocycles. The second-order valence-electron chi connectivity index (χ2n) is 1.62. The number of carbonyl (C=O) groups is 1. The monoisotopic (exact) mass is 178 g/mol. The van der Waals surface area contributed by atoms with Crippen molar-refractivity contribution in [2.24, 2.45) is 0 Å². The molecule has 64 valence electrons. The second kappa shape index (κ2) is 6.17. The summed E-state index contributed by atoms with van der Waals surface area (Å²) in [7, 11) is 0. The van der Waals surface area contributed by atoms with Crippen molar-refractivity contribution in [3.8, 4) is 0 Å². The van der Waals surface area contributed by atoms with Gasteiger partial charge < -0.3 is 9.94 Å². The van der Waals surface area contributed by atoms with Crippen molar-refractivity contribution in [2.75, 3.05) is 6.61 Å². The van der Waals surface area contributed by atoms with E-state index in [9.17, 15) is 4.79 Å². The van der Waals surface area contributed by atoms with Crippen molar-refractivity contribution >= 4 is 23.6 Å². The van der Waals surface area contributed by atoms with Gasteiger partial charge in [-0.25, -0.2) is 10.2 Å². The molecule has 0 bridgehead atoms. The van der Waals surface area contributed by atoms with Gasteiger partial charge in [-0.15, -0.1) is 5.59 Å². The van der Waals surface area contributed by atoms with Crippen LogP contribution in [0.3, 0.4) is 0 Å². The number of hydrogen-bond donors (Lipinski definition) is 3. The first-order valence-corrected chi connectivity index (χ1v) is 3.50. The molecule has 0 heterocycles. The van der Waals surface area contributed by atoms with Crippen molar-refractivity contribution in [3.63, 3.8) is 0 Å². The molecule has 3 N–H and O–H groups in total. The van der Waals surface area contributed by atoms with Gasteiger partial charge in [-0.05, 0) is 6.92 Å². The third-order valence-corrected chi connectivity index (χ3v) is 1.17. The summed E-state index contributed by atoms with van der Waals surface area (Å²) < 4.78 is 4.60. The lowest BCUT2D eigenvalue weighted by Gasteiger charge is -2.09. The zero-order chi connectivity index (χ0) is 8.69. The van der Waals surface area contributed by atoms with Gasteiger partial charge in [0.25, 0.3) is 0 Å². The first-order chi connectivity index (χ1) is 5.26. The summed E-state index contributed by atoms with van der Waals surface area (Å²) in [4.78, 5) is 10.8. The summed E-state index contributed by atoms with van der Waals surface area (Å²) >= 11 is 4.49. The largest absolute Gasteiger partial charge is 0.465 e. The zero-order valence-corrected chi connectivity index (χ0v) is 6.85. The molecule has 0 spiro atoms. The maximum atomic E-state index is 10.8. The molecule has 0 aliphatic carbocycles. The van der Waals surface area contributed by atoms with E-state index < -0.39 is 12.0 Å². The molecule has 0 aromatic carbocycles. The van der Waals surface area contributed by atoms with Crippen molar-refractivity contribution < 1.29 is 14.7 Å². The van der Waals surface area contributed by atoms with E-state index in [4.69, 9.17) is 5.21 Å². The van der Waals surface area contributed by atoms with Gasteiger partial charge >= 0.3 is 5.97 Å². The van der Waals surface area contributed by atoms with Crippen molar-refractivity contribution in [3.05, 3.63) is 0 Å². The Morgan fingerprint density at radius 1 is 1.91 bits per heavy atom. The van der Waals surface area contributed by atoms with Gasteiger partial charge in [0.15, 0.2) is 0 Å². The SMILES string of the molecule is CCOC(=O)[C@H](C=S)NNO. The summed E-state index contributed by atoms with van der Waals surface area (Å²) in [6, 6.07) is -0.796. The standard InChI is InChI=1S/C5H10N2O3S/c1-2-10-5(8)4(3-11)6-7-9/h3-4,6-7,9H,2H2,1H3/t4-/m0/s1. The van der Waals surface area contributed by atoms with E-state index in [1.54, 1.807) is 12.5 Å². The average molecular weight is 178 g/mol. The highest BCUT2D eigenvalue weighted by atomic mass is 32.1. The maximum Gasteiger partial charge on any atom is 0.329 e. The van der Waals surface area contributed by atoms with E-state index in [0.29, 0.717) is 0 Å². The van der Waals surface area contributed by atoms with Gasteiger partial charge in [0, 0.05) is 5.37 Å². The molecular weight excluding hydrogens is 168 g/mol. The molecule has 6 heteroatoms. The Balaban J connectivity index is 3.81. The maximum absolute atomic E-state index is 10.8. The van der Waals surface area contributed by atoms with Crippen LogP contribution in [-0.2, 0) is 9.53 Å². The number of nitrogens with one attached hydrogen (secondary N) is 2. The average Bonchev–Trinajstić information content (AvgIpc) is 2.00. The van der Waals surface area contributed by atoms with E-state index in [1.165, 1.54) is 0 Å². The van der Waals surface area contributed by atoms with E-state index in [0.717, 1.165) is 5.37 Å². The summed E-state index contributed by atoms with van der Waals surface area (Å²) in [5, 5.41) is 9.30. The van der Waals surface area contributed by atoms with Crippen LogP contribution in [0.4, 0.5) is 0 Å². The Labute approximate surface area is 69.7 Å². The van der Waals surface area contributed by atoms with Crippen molar-refractivity contribution in [1.82, 2.24) is 11.0 Å². The molecule has 1 atom stereocenters. The first-order valence-electron chi connectivity index (χ1n) is 3.02. The number of hydrazine groups is 1. The number of esters is 1. The second-order valence-corrected chi connectivity index (χ2v) is 1.89. The fourth-order valence-electron chi connectivity index (χ4n) is 0.450. The molecule has 0 fully saturated rings. The molecule has 0 aliphatic rings. The summed E-state index contributed by atoms with van der Waals surface area (Å²) in [5.41, 5.74) is 3.80. The van der Waals surface area contributed by atoms with Crippen molar-refractivity contribution in [1.29, 1.82) is 0 Å². The van der Waals surface area contributed by atoms with Gasteiger partial charge in [-0.1, -0.05) is 12.2 Å². The minimum atomic E-state index is -0.796. The van der Waals surface area contributed by atoms with Crippen LogP contribution in [0.5, 0.6) is 0 Å². The Hall–Kier alpha value is -0.560.